The summed E-state index contributed by atoms with van der Waals surface area (Å²) in [5.41, 5.74) is 6.06. The van der Waals surface area contributed by atoms with Crippen molar-refractivity contribution in [3.05, 3.63) is 58.7 Å². The number of nitrogens with zero attached hydrogens (tertiary/aromatic N) is 2. The summed E-state index contributed by atoms with van der Waals surface area (Å²) in [5, 5.41) is 0.667. The molecule has 0 bridgehead atoms. The molecule has 0 heterocycles. The van der Waals surface area contributed by atoms with Crippen LogP contribution in [0.2, 0.25) is 0 Å². The summed E-state index contributed by atoms with van der Waals surface area (Å²) in [5.74, 6) is 0. The molecule has 2 aliphatic rings. The Hall–Kier alpha value is -1.94. The van der Waals surface area contributed by atoms with Gasteiger partial charge in [0.05, 0.1) is 17.5 Å². The van der Waals surface area contributed by atoms with Gasteiger partial charge in [0.25, 0.3) is 0 Å². The minimum Gasteiger partial charge on any atom is -0.378 e. The SMILES string of the molecule is CC(C)OP(=O)(OC(C)C)C1=C2C=CC(=[N+](C)C)C=C2C(C)(C)c2cc(N(C)C)ccc21. The molecule has 0 atom stereocenters. The Kier molecular flexibility index (Phi) is 6.77. The van der Waals surface area contributed by atoms with Gasteiger partial charge >= 0.3 is 7.60 Å². The Labute approximate surface area is 193 Å². The average Bonchev–Trinajstić information content (AvgIpc) is 2.66. The zero-order chi connectivity index (χ0) is 24.0. The molecule has 0 radical (unpaired) electrons. The third-order valence-corrected chi connectivity index (χ3v) is 8.30. The highest BCUT2D eigenvalue weighted by atomic mass is 31.2. The number of fused-ring (bicyclic) bond motifs is 2. The molecule has 0 aromatic heterocycles. The Bertz CT molecular complexity index is 1070. The molecule has 0 saturated carbocycles. The van der Waals surface area contributed by atoms with Crippen molar-refractivity contribution in [3.8, 4) is 0 Å². The second-order valence-corrected chi connectivity index (χ2v) is 11.9. The number of rotatable bonds is 6. The summed E-state index contributed by atoms with van der Waals surface area (Å²) in [7, 11) is 4.53. The van der Waals surface area contributed by atoms with E-state index in [1.807, 2.05) is 55.9 Å². The van der Waals surface area contributed by atoms with Crippen molar-refractivity contribution in [2.75, 3.05) is 33.1 Å². The maximum absolute atomic E-state index is 14.5. The number of hydrogen-bond acceptors (Lipinski definition) is 4. The highest BCUT2D eigenvalue weighted by Gasteiger charge is 2.46. The van der Waals surface area contributed by atoms with E-state index < -0.39 is 7.60 Å². The number of allylic oxidation sites excluding steroid dienone is 5. The summed E-state index contributed by atoms with van der Waals surface area (Å²) in [6.45, 7) is 12.1. The van der Waals surface area contributed by atoms with Crippen molar-refractivity contribution in [1.82, 2.24) is 0 Å². The average molecular weight is 458 g/mol. The molecule has 174 valence electrons. The Balaban J connectivity index is 2.43. The predicted octanol–water partition coefficient (Wildman–Crippen LogP) is 6.01. The Morgan fingerprint density at radius 2 is 1.59 bits per heavy atom. The van der Waals surface area contributed by atoms with Crippen LogP contribution in [-0.2, 0) is 19.0 Å². The first-order chi connectivity index (χ1) is 14.8. The molecule has 2 aliphatic carbocycles. The van der Waals surface area contributed by atoms with Crippen LogP contribution in [-0.4, -0.2) is 50.7 Å². The van der Waals surface area contributed by atoms with Gasteiger partial charge in [-0.15, -0.1) is 0 Å². The third kappa shape index (κ3) is 4.44. The molecule has 0 aliphatic heterocycles. The molecule has 0 unspecified atom stereocenters. The smallest absolute Gasteiger partial charge is 0.363 e. The van der Waals surface area contributed by atoms with Gasteiger partial charge in [-0.25, -0.2) is 4.58 Å². The molecule has 0 N–H and O–H groups in total. The van der Waals surface area contributed by atoms with Crippen LogP contribution in [0.15, 0.2) is 47.6 Å². The Morgan fingerprint density at radius 1 is 1.00 bits per heavy atom. The second-order valence-electron chi connectivity index (χ2n) is 10.0. The van der Waals surface area contributed by atoms with Crippen molar-refractivity contribution in [2.24, 2.45) is 0 Å². The van der Waals surface area contributed by atoms with Crippen LogP contribution in [0.1, 0.15) is 52.7 Å². The van der Waals surface area contributed by atoms with Crippen molar-refractivity contribution in [1.29, 1.82) is 0 Å². The zero-order valence-corrected chi connectivity index (χ0v) is 22.1. The predicted molar refractivity (Wildman–Crippen MR) is 135 cm³/mol. The minimum atomic E-state index is -3.62. The van der Waals surface area contributed by atoms with Gasteiger partial charge in [0.2, 0.25) is 0 Å². The van der Waals surface area contributed by atoms with Gasteiger partial charge in [-0.1, -0.05) is 19.9 Å². The highest BCUT2D eigenvalue weighted by molar-refractivity contribution is 7.65. The van der Waals surface area contributed by atoms with Gasteiger partial charge in [0, 0.05) is 37.3 Å². The van der Waals surface area contributed by atoms with Crippen LogP contribution >= 0.6 is 7.60 Å². The van der Waals surface area contributed by atoms with E-state index in [1.54, 1.807) is 0 Å². The van der Waals surface area contributed by atoms with Crippen LogP contribution in [0, 0.1) is 0 Å². The van der Waals surface area contributed by atoms with Crippen molar-refractivity contribution < 1.29 is 18.2 Å². The summed E-state index contributed by atoms with van der Waals surface area (Å²) in [6.07, 6.45) is 5.87. The molecule has 3 rings (SSSR count). The Morgan fingerprint density at radius 3 is 2.09 bits per heavy atom. The lowest BCUT2D eigenvalue weighted by Crippen LogP contribution is -2.31. The zero-order valence-electron chi connectivity index (χ0n) is 21.2. The first-order valence-electron chi connectivity index (χ1n) is 11.3. The molecule has 0 amide bonds. The second kappa shape index (κ2) is 8.78. The number of benzene rings is 1. The van der Waals surface area contributed by atoms with Crippen LogP contribution in [0.3, 0.4) is 0 Å². The highest BCUT2D eigenvalue weighted by Crippen LogP contribution is 2.67. The van der Waals surface area contributed by atoms with E-state index in [1.165, 1.54) is 0 Å². The van der Waals surface area contributed by atoms with Crippen molar-refractivity contribution in [3.63, 3.8) is 0 Å². The van der Waals surface area contributed by atoms with E-state index in [-0.39, 0.29) is 17.6 Å². The molecule has 6 heteroatoms. The van der Waals surface area contributed by atoms with Gasteiger partial charge < -0.3 is 13.9 Å². The molecule has 0 spiro atoms. The van der Waals surface area contributed by atoms with E-state index >= 15 is 0 Å². The molecule has 0 saturated heterocycles. The molecule has 0 fully saturated rings. The molecular formula is C26H38N2O3P+. The standard InChI is InChI=1S/C26H38N2O3P/c1-17(2)30-32(29,31-18(3)4)25-21-13-11-19(27(7)8)15-23(21)26(5,6)24-16-20(28(9)10)12-14-22(24)25/h11-18H,1-10H3/q+1. The third-order valence-electron chi connectivity index (χ3n) is 5.87. The first-order valence-corrected chi connectivity index (χ1v) is 12.8. The van der Waals surface area contributed by atoms with Crippen LogP contribution in [0.25, 0.3) is 5.31 Å². The maximum Gasteiger partial charge on any atom is 0.363 e. The molecular weight excluding hydrogens is 419 g/mol. The monoisotopic (exact) mass is 457 g/mol. The minimum absolute atomic E-state index is 0.240. The fourth-order valence-electron chi connectivity index (χ4n) is 4.34. The van der Waals surface area contributed by atoms with E-state index in [9.17, 15) is 4.57 Å². The van der Waals surface area contributed by atoms with E-state index in [2.05, 4.69) is 59.8 Å². The quantitative estimate of drug-likeness (QED) is 0.388. The summed E-state index contributed by atoms with van der Waals surface area (Å²) >= 11 is 0. The number of anilines is 1. The topological polar surface area (TPSA) is 41.8 Å². The van der Waals surface area contributed by atoms with Crippen LogP contribution < -0.4 is 4.90 Å². The van der Waals surface area contributed by atoms with Crippen molar-refractivity contribution >= 4 is 24.3 Å². The van der Waals surface area contributed by atoms with E-state index in [4.69, 9.17) is 9.05 Å². The van der Waals surface area contributed by atoms with Crippen LogP contribution in [0.4, 0.5) is 5.69 Å². The maximum atomic E-state index is 14.5. The fourth-order valence-corrected chi connectivity index (χ4v) is 6.69. The number of hydrogen-bond donors (Lipinski definition) is 0. The van der Waals surface area contributed by atoms with Gasteiger partial charge in [-0.3, -0.25) is 4.57 Å². The molecule has 1 aromatic carbocycles. The van der Waals surface area contributed by atoms with E-state index in [0.717, 1.165) is 33.7 Å². The summed E-state index contributed by atoms with van der Waals surface area (Å²) in [4.78, 5) is 2.09. The molecule has 5 nitrogen and oxygen atoms in total. The lowest BCUT2D eigenvalue weighted by Gasteiger charge is -2.40. The van der Waals surface area contributed by atoms with E-state index in [0.29, 0.717) is 5.31 Å². The largest absolute Gasteiger partial charge is 0.378 e. The van der Waals surface area contributed by atoms with Gasteiger partial charge in [-0.05, 0) is 68.2 Å². The molecule has 1 aromatic rings. The van der Waals surface area contributed by atoms with Crippen molar-refractivity contribution in [2.45, 2.75) is 59.2 Å². The van der Waals surface area contributed by atoms with Gasteiger partial charge in [0.1, 0.15) is 14.1 Å². The van der Waals surface area contributed by atoms with Gasteiger partial charge in [0.15, 0.2) is 5.71 Å². The summed E-state index contributed by atoms with van der Waals surface area (Å²) < 4.78 is 28.8. The molecule has 32 heavy (non-hydrogen) atoms. The first kappa shape index (κ1) is 24.7. The van der Waals surface area contributed by atoms with Gasteiger partial charge in [-0.2, -0.15) is 0 Å². The normalized spacial score (nSPS) is 17.5. The fraction of sp³-hybridized carbons (Fsp3) is 0.500. The lowest BCUT2D eigenvalue weighted by molar-refractivity contribution is -0.462. The van der Waals surface area contributed by atoms with Crippen LogP contribution in [0.5, 0.6) is 0 Å². The summed E-state index contributed by atoms with van der Waals surface area (Å²) in [6, 6.07) is 6.35. The lowest BCUT2D eigenvalue weighted by atomic mass is 9.67.